The van der Waals surface area contributed by atoms with Crippen molar-refractivity contribution in [1.29, 1.82) is 0 Å². The van der Waals surface area contributed by atoms with Crippen molar-refractivity contribution >= 4 is 23.5 Å². The fourth-order valence-electron chi connectivity index (χ4n) is 1.91. The Morgan fingerprint density at radius 2 is 1.88 bits per heavy atom. The van der Waals surface area contributed by atoms with Crippen LogP contribution in [0.15, 0.2) is 0 Å². The predicted molar refractivity (Wildman–Crippen MR) is 68.0 cm³/mol. The molecule has 4 nitrogen and oxygen atoms in total. The summed E-state index contributed by atoms with van der Waals surface area (Å²) < 4.78 is 4.99. The summed E-state index contributed by atoms with van der Waals surface area (Å²) in [6, 6.07) is 0. The Kier molecular flexibility index (Phi) is 6.53. The van der Waals surface area contributed by atoms with Crippen molar-refractivity contribution in [2.75, 3.05) is 5.88 Å². The van der Waals surface area contributed by atoms with E-state index in [0.29, 0.717) is 12.3 Å². The number of ether oxygens (including phenoxy) is 1. The zero-order valence-corrected chi connectivity index (χ0v) is 11.7. The molecule has 2 N–H and O–H groups in total. The Morgan fingerprint density at radius 3 is 2.24 bits per heavy atom. The summed E-state index contributed by atoms with van der Waals surface area (Å²) in [5.74, 6) is 0.171. The van der Waals surface area contributed by atoms with E-state index in [1.54, 1.807) is 13.8 Å². The highest BCUT2D eigenvalue weighted by Gasteiger charge is 2.30. The maximum Gasteiger partial charge on any atom is 0.405 e. The highest BCUT2D eigenvalue weighted by Crippen LogP contribution is 2.26. The molecular formula is C12H22ClNO3. The first-order valence-electron chi connectivity index (χ1n) is 5.75. The van der Waals surface area contributed by atoms with Crippen molar-refractivity contribution in [3.63, 3.8) is 0 Å². The van der Waals surface area contributed by atoms with Crippen molar-refractivity contribution in [3.05, 3.63) is 0 Å². The summed E-state index contributed by atoms with van der Waals surface area (Å²) in [4.78, 5) is 22.5. The van der Waals surface area contributed by atoms with Crippen molar-refractivity contribution in [2.45, 2.75) is 46.1 Å². The van der Waals surface area contributed by atoms with Gasteiger partial charge in [-0.15, -0.1) is 11.6 Å². The van der Waals surface area contributed by atoms with E-state index in [2.05, 4.69) is 0 Å². The summed E-state index contributed by atoms with van der Waals surface area (Å²) in [6.07, 6.45) is 0.355. The molecule has 0 aromatic heterocycles. The third-order valence-corrected chi connectivity index (χ3v) is 2.72. The number of halogens is 1. The molecule has 0 aromatic rings. The molecule has 0 aliphatic heterocycles. The molecule has 5 heteroatoms. The minimum atomic E-state index is -0.823. The van der Waals surface area contributed by atoms with Crippen LogP contribution in [0.5, 0.6) is 0 Å². The number of rotatable bonds is 7. The zero-order chi connectivity index (χ0) is 13.6. The van der Waals surface area contributed by atoms with Gasteiger partial charge in [-0.3, -0.25) is 4.79 Å². The Balaban J connectivity index is 4.61. The van der Waals surface area contributed by atoms with Gasteiger partial charge in [0.2, 0.25) is 0 Å². The van der Waals surface area contributed by atoms with Crippen LogP contribution >= 0.6 is 11.6 Å². The molecule has 0 fully saturated rings. The molecule has 0 heterocycles. The van der Waals surface area contributed by atoms with Crippen LogP contribution in [0, 0.1) is 11.8 Å². The van der Waals surface area contributed by atoms with E-state index in [4.69, 9.17) is 22.1 Å². The molecule has 0 spiro atoms. The van der Waals surface area contributed by atoms with E-state index in [9.17, 15) is 9.59 Å². The van der Waals surface area contributed by atoms with Crippen LogP contribution < -0.4 is 5.73 Å². The smallest absolute Gasteiger partial charge is 0.405 e. The molecule has 0 aliphatic carbocycles. The first-order valence-corrected chi connectivity index (χ1v) is 6.28. The van der Waals surface area contributed by atoms with Crippen molar-refractivity contribution in [3.8, 4) is 0 Å². The fraction of sp³-hybridized carbons (Fsp3) is 0.833. The van der Waals surface area contributed by atoms with E-state index in [1.165, 1.54) is 0 Å². The Morgan fingerprint density at radius 1 is 1.35 bits per heavy atom. The predicted octanol–water partition coefficient (Wildman–Crippen LogP) is 2.72. The van der Waals surface area contributed by atoms with Gasteiger partial charge in [0, 0.05) is 5.92 Å². The maximum atomic E-state index is 11.7. The average molecular weight is 264 g/mol. The number of Topliss-reactive ketones (excluding diaryl/α,β-unsaturated/α-hetero) is 1. The quantitative estimate of drug-likeness (QED) is 0.718. The third kappa shape index (κ3) is 7.21. The third-order valence-electron chi connectivity index (χ3n) is 2.46. The molecule has 0 radical (unpaired) electrons. The van der Waals surface area contributed by atoms with Crippen LogP contribution in [0.4, 0.5) is 4.79 Å². The Labute approximate surface area is 108 Å². The number of carbonyl (C=O) groups excluding carboxylic acids is 2. The van der Waals surface area contributed by atoms with Crippen molar-refractivity contribution in [1.82, 2.24) is 0 Å². The summed E-state index contributed by atoms with van der Waals surface area (Å²) >= 11 is 5.58. The molecule has 0 aliphatic rings. The zero-order valence-electron chi connectivity index (χ0n) is 11.0. The van der Waals surface area contributed by atoms with Crippen molar-refractivity contribution < 1.29 is 14.3 Å². The van der Waals surface area contributed by atoms with Crippen LogP contribution in [0.1, 0.15) is 40.5 Å². The molecule has 0 rings (SSSR count). The molecular weight excluding hydrogens is 242 g/mol. The van der Waals surface area contributed by atoms with Gasteiger partial charge >= 0.3 is 6.09 Å². The number of carbonyl (C=O) groups is 2. The average Bonchev–Trinajstić information content (AvgIpc) is 2.12. The van der Waals surface area contributed by atoms with E-state index >= 15 is 0 Å². The summed E-state index contributed by atoms with van der Waals surface area (Å²) in [5.41, 5.74) is 4.25. The lowest BCUT2D eigenvalue weighted by Gasteiger charge is -2.28. The van der Waals surface area contributed by atoms with Gasteiger partial charge in [-0.05, 0) is 32.6 Å². The lowest BCUT2D eigenvalue weighted by Crippen LogP contribution is -2.35. The van der Waals surface area contributed by atoms with E-state index in [1.807, 2.05) is 13.8 Å². The first-order chi connectivity index (χ1) is 7.68. The number of primary amides is 1. The molecule has 0 saturated heterocycles. The molecule has 1 atom stereocenters. The minimum absolute atomic E-state index is 0.00988. The fourth-order valence-corrected chi connectivity index (χ4v) is 2.13. The van der Waals surface area contributed by atoms with Crippen LogP contribution in [-0.2, 0) is 9.53 Å². The number of alkyl halides is 1. The second-order valence-corrected chi connectivity index (χ2v) is 5.58. The summed E-state index contributed by atoms with van der Waals surface area (Å²) in [5, 5.41) is 0. The Hall–Kier alpha value is -0.770. The molecule has 0 aromatic carbocycles. The number of ketones is 1. The lowest BCUT2D eigenvalue weighted by molar-refractivity contribution is -0.123. The van der Waals surface area contributed by atoms with Gasteiger partial charge in [0.05, 0.1) is 5.88 Å². The first kappa shape index (κ1) is 16.2. The van der Waals surface area contributed by atoms with Crippen LogP contribution in [0.3, 0.4) is 0 Å². The van der Waals surface area contributed by atoms with Crippen LogP contribution in [0.2, 0.25) is 0 Å². The molecule has 0 saturated carbocycles. The van der Waals surface area contributed by atoms with Gasteiger partial charge in [-0.2, -0.15) is 0 Å². The molecule has 1 amide bonds. The number of nitrogens with two attached hydrogens (primary N) is 1. The van der Waals surface area contributed by atoms with Crippen LogP contribution in [0.25, 0.3) is 0 Å². The van der Waals surface area contributed by atoms with Gasteiger partial charge in [0.15, 0.2) is 5.78 Å². The second kappa shape index (κ2) is 6.84. The van der Waals surface area contributed by atoms with Gasteiger partial charge in [0.25, 0.3) is 0 Å². The molecule has 100 valence electrons. The SMILES string of the molecule is CC(C)CC(CC(C)(C)OC(N)=O)C(=O)CCl. The molecule has 1 unspecified atom stereocenters. The summed E-state index contributed by atoms with van der Waals surface area (Å²) in [7, 11) is 0. The highest BCUT2D eigenvalue weighted by atomic mass is 35.5. The highest BCUT2D eigenvalue weighted by molar-refractivity contribution is 6.27. The van der Waals surface area contributed by atoms with Gasteiger partial charge in [0.1, 0.15) is 5.60 Å². The second-order valence-electron chi connectivity index (χ2n) is 5.31. The normalized spacial score (nSPS) is 13.5. The number of amides is 1. The topological polar surface area (TPSA) is 69.4 Å². The molecule has 17 heavy (non-hydrogen) atoms. The van der Waals surface area contributed by atoms with E-state index in [0.717, 1.165) is 6.42 Å². The van der Waals surface area contributed by atoms with Gasteiger partial charge < -0.3 is 10.5 Å². The van der Waals surface area contributed by atoms with E-state index < -0.39 is 11.7 Å². The number of hydrogen-bond acceptors (Lipinski definition) is 3. The maximum absolute atomic E-state index is 11.7. The molecule has 0 bridgehead atoms. The summed E-state index contributed by atoms with van der Waals surface area (Å²) in [6.45, 7) is 7.56. The minimum Gasteiger partial charge on any atom is -0.444 e. The largest absolute Gasteiger partial charge is 0.444 e. The lowest BCUT2D eigenvalue weighted by atomic mass is 9.85. The standard InChI is InChI=1S/C12H22ClNO3/c1-8(2)5-9(10(15)7-13)6-12(3,4)17-11(14)16/h8-9H,5-7H2,1-4H3,(H2,14,16). The van der Waals surface area contributed by atoms with Gasteiger partial charge in [-0.1, -0.05) is 13.8 Å². The Bertz CT molecular complexity index is 277. The van der Waals surface area contributed by atoms with Gasteiger partial charge in [-0.25, -0.2) is 4.79 Å². The monoisotopic (exact) mass is 263 g/mol. The van der Waals surface area contributed by atoms with E-state index in [-0.39, 0.29) is 17.6 Å². The van der Waals surface area contributed by atoms with Crippen molar-refractivity contribution in [2.24, 2.45) is 17.6 Å². The van der Waals surface area contributed by atoms with Crippen LogP contribution in [-0.4, -0.2) is 23.4 Å². The number of hydrogen-bond donors (Lipinski definition) is 1.